The fourth-order valence-corrected chi connectivity index (χ4v) is 4.61. The lowest BCUT2D eigenvalue weighted by Crippen LogP contribution is -2.04. The maximum absolute atomic E-state index is 5.88. The monoisotopic (exact) mass is 433 g/mol. The molecule has 4 aromatic rings. The van der Waals surface area contributed by atoms with Gasteiger partial charge in [-0.25, -0.2) is 0 Å². The van der Waals surface area contributed by atoms with Gasteiger partial charge in [-0.15, -0.1) is 22.0 Å². The molecule has 0 aliphatic heterocycles. The SMILES string of the molecule is Cc1cccc(OCCSc2nnc(CSc3ccccc3)n2-c2ccccc2)c1. The Kier molecular flexibility index (Phi) is 7.11. The van der Waals surface area contributed by atoms with Gasteiger partial charge in [0.05, 0.1) is 12.4 Å². The minimum absolute atomic E-state index is 0.615. The van der Waals surface area contributed by atoms with E-state index in [9.17, 15) is 0 Å². The fraction of sp³-hybridized carbons (Fsp3) is 0.167. The van der Waals surface area contributed by atoms with Crippen molar-refractivity contribution in [2.75, 3.05) is 12.4 Å². The first-order valence-corrected chi connectivity index (χ1v) is 11.8. The summed E-state index contributed by atoms with van der Waals surface area (Å²) in [5.74, 6) is 3.40. The van der Waals surface area contributed by atoms with Gasteiger partial charge in [-0.3, -0.25) is 4.57 Å². The van der Waals surface area contributed by atoms with E-state index in [-0.39, 0.29) is 0 Å². The second-order valence-electron chi connectivity index (χ2n) is 6.68. The minimum atomic E-state index is 0.615. The number of nitrogens with zero attached hydrogens (tertiary/aromatic N) is 3. The number of aryl methyl sites for hydroxylation is 1. The van der Waals surface area contributed by atoms with Crippen molar-refractivity contribution >= 4 is 23.5 Å². The van der Waals surface area contributed by atoms with Crippen LogP contribution in [0, 0.1) is 6.92 Å². The summed E-state index contributed by atoms with van der Waals surface area (Å²) in [6.07, 6.45) is 0. The van der Waals surface area contributed by atoms with Crippen LogP contribution in [0.15, 0.2) is 95.0 Å². The highest BCUT2D eigenvalue weighted by Gasteiger charge is 2.14. The molecule has 152 valence electrons. The number of aromatic nitrogens is 3. The fourth-order valence-electron chi connectivity index (χ4n) is 2.99. The lowest BCUT2D eigenvalue weighted by molar-refractivity contribution is 0.343. The van der Waals surface area contributed by atoms with Gasteiger partial charge in [0.2, 0.25) is 0 Å². The lowest BCUT2D eigenvalue weighted by Gasteiger charge is -2.11. The van der Waals surface area contributed by atoms with Crippen LogP contribution in [0.25, 0.3) is 5.69 Å². The molecule has 0 aliphatic rings. The molecule has 0 fully saturated rings. The van der Waals surface area contributed by atoms with Gasteiger partial charge in [0, 0.05) is 16.3 Å². The summed E-state index contributed by atoms with van der Waals surface area (Å²) < 4.78 is 8.03. The van der Waals surface area contributed by atoms with Gasteiger partial charge in [-0.1, -0.05) is 60.3 Å². The molecular formula is C24H23N3OS2. The zero-order valence-corrected chi connectivity index (χ0v) is 18.4. The number of ether oxygens (including phenoxy) is 1. The quantitative estimate of drug-likeness (QED) is 0.238. The maximum atomic E-state index is 5.88. The molecule has 30 heavy (non-hydrogen) atoms. The van der Waals surface area contributed by atoms with Crippen LogP contribution in [-0.4, -0.2) is 27.1 Å². The molecule has 0 saturated heterocycles. The smallest absolute Gasteiger partial charge is 0.195 e. The number of para-hydroxylation sites is 1. The summed E-state index contributed by atoms with van der Waals surface area (Å²) in [5, 5.41) is 9.84. The second kappa shape index (κ2) is 10.4. The van der Waals surface area contributed by atoms with Crippen molar-refractivity contribution in [3.63, 3.8) is 0 Å². The Balaban J connectivity index is 1.44. The highest BCUT2D eigenvalue weighted by Crippen LogP contribution is 2.27. The third-order valence-corrected chi connectivity index (χ3v) is 6.30. The van der Waals surface area contributed by atoms with Gasteiger partial charge in [-0.05, 0) is 48.9 Å². The standard InChI is InChI=1S/C24H23N3OS2/c1-19-9-8-12-21(17-19)28-15-16-29-24-26-25-23(18-30-22-13-6-3-7-14-22)27(24)20-10-4-2-5-11-20/h2-14,17H,15-16,18H2,1H3. The molecule has 4 rings (SSSR count). The molecule has 0 atom stereocenters. The van der Waals surface area contributed by atoms with E-state index in [1.54, 1.807) is 23.5 Å². The van der Waals surface area contributed by atoms with E-state index in [1.165, 1.54) is 10.5 Å². The first-order valence-electron chi connectivity index (χ1n) is 9.79. The van der Waals surface area contributed by atoms with Crippen molar-refractivity contribution in [1.29, 1.82) is 0 Å². The zero-order chi connectivity index (χ0) is 20.6. The van der Waals surface area contributed by atoms with E-state index in [2.05, 4.69) is 70.2 Å². The third kappa shape index (κ3) is 5.46. The normalized spacial score (nSPS) is 10.8. The van der Waals surface area contributed by atoms with Gasteiger partial charge in [-0.2, -0.15) is 0 Å². The van der Waals surface area contributed by atoms with E-state index < -0.39 is 0 Å². The van der Waals surface area contributed by atoms with Crippen molar-refractivity contribution in [3.05, 3.63) is 96.3 Å². The summed E-state index contributed by atoms with van der Waals surface area (Å²) >= 11 is 3.43. The van der Waals surface area contributed by atoms with Crippen LogP contribution in [0.4, 0.5) is 0 Å². The summed E-state index contributed by atoms with van der Waals surface area (Å²) in [5.41, 5.74) is 2.28. The number of hydrogen-bond donors (Lipinski definition) is 0. The predicted octanol–water partition coefficient (Wildman–Crippen LogP) is 6.04. The number of benzene rings is 3. The van der Waals surface area contributed by atoms with Crippen LogP contribution in [0.1, 0.15) is 11.4 Å². The van der Waals surface area contributed by atoms with E-state index >= 15 is 0 Å². The average Bonchev–Trinajstić information content (AvgIpc) is 3.19. The van der Waals surface area contributed by atoms with Crippen LogP contribution < -0.4 is 4.74 Å². The molecule has 0 unspecified atom stereocenters. The molecule has 1 aromatic heterocycles. The number of hydrogen-bond acceptors (Lipinski definition) is 5. The number of rotatable bonds is 9. The van der Waals surface area contributed by atoms with E-state index in [1.807, 2.05) is 36.4 Å². The molecule has 0 amide bonds. The zero-order valence-electron chi connectivity index (χ0n) is 16.8. The van der Waals surface area contributed by atoms with Crippen molar-refractivity contribution in [1.82, 2.24) is 14.8 Å². The highest BCUT2D eigenvalue weighted by molar-refractivity contribution is 7.99. The van der Waals surface area contributed by atoms with Gasteiger partial charge in [0.15, 0.2) is 5.16 Å². The van der Waals surface area contributed by atoms with Crippen LogP contribution in [0.2, 0.25) is 0 Å². The minimum Gasteiger partial charge on any atom is -0.493 e. The van der Waals surface area contributed by atoms with E-state index in [4.69, 9.17) is 4.74 Å². The van der Waals surface area contributed by atoms with Crippen LogP contribution in [0.5, 0.6) is 5.75 Å². The van der Waals surface area contributed by atoms with E-state index in [0.29, 0.717) is 6.61 Å². The summed E-state index contributed by atoms with van der Waals surface area (Å²) in [6, 6.07) is 28.8. The first-order chi connectivity index (χ1) is 14.8. The maximum Gasteiger partial charge on any atom is 0.195 e. The molecule has 0 radical (unpaired) electrons. The first kappa shape index (κ1) is 20.6. The Labute approximate surface area is 185 Å². The largest absolute Gasteiger partial charge is 0.493 e. The highest BCUT2D eigenvalue weighted by atomic mass is 32.2. The molecule has 0 saturated carbocycles. The Morgan fingerprint density at radius 1 is 0.833 bits per heavy atom. The van der Waals surface area contributed by atoms with Crippen molar-refractivity contribution in [3.8, 4) is 11.4 Å². The molecule has 6 heteroatoms. The Morgan fingerprint density at radius 3 is 2.37 bits per heavy atom. The Hall–Kier alpha value is -2.70. The Bertz CT molecular complexity index is 1070. The van der Waals surface area contributed by atoms with Crippen LogP contribution in [0.3, 0.4) is 0 Å². The summed E-state index contributed by atoms with van der Waals surface area (Å²) in [6.45, 7) is 2.68. The molecule has 3 aromatic carbocycles. The molecule has 4 nitrogen and oxygen atoms in total. The van der Waals surface area contributed by atoms with Crippen LogP contribution in [-0.2, 0) is 5.75 Å². The van der Waals surface area contributed by atoms with Crippen LogP contribution >= 0.6 is 23.5 Å². The third-order valence-electron chi connectivity index (χ3n) is 4.40. The summed E-state index contributed by atoms with van der Waals surface area (Å²) in [4.78, 5) is 1.22. The predicted molar refractivity (Wildman–Crippen MR) is 125 cm³/mol. The Morgan fingerprint density at radius 2 is 1.60 bits per heavy atom. The average molecular weight is 434 g/mol. The lowest BCUT2D eigenvalue weighted by atomic mass is 10.2. The van der Waals surface area contributed by atoms with Gasteiger partial charge >= 0.3 is 0 Å². The molecule has 0 N–H and O–H groups in total. The molecule has 0 spiro atoms. The molecule has 1 heterocycles. The van der Waals surface area contributed by atoms with E-state index in [0.717, 1.165) is 33.9 Å². The number of thioether (sulfide) groups is 2. The van der Waals surface area contributed by atoms with Gasteiger partial charge in [0.25, 0.3) is 0 Å². The van der Waals surface area contributed by atoms with Crippen molar-refractivity contribution in [2.24, 2.45) is 0 Å². The second-order valence-corrected chi connectivity index (χ2v) is 8.80. The van der Waals surface area contributed by atoms with Crippen molar-refractivity contribution in [2.45, 2.75) is 22.7 Å². The molecular weight excluding hydrogens is 410 g/mol. The molecule has 0 bridgehead atoms. The molecule has 0 aliphatic carbocycles. The van der Waals surface area contributed by atoms with Gasteiger partial charge in [0.1, 0.15) is 11.6 Å². The van der Waals surface area contributed by atoms with Gasteiger partial charge < -0.3 is 4.74 Å². The van der Waals surface area contributed by atoms with Crippen molar-refractivity contribution < 1.29 is 4.74 Å². The topological polar surface area (TPSA) is 39.9 Å². The summed E-state index contributed by atoms with van der Waals surface area (Å²) in [7, 11) is 0.